The van der Waals surface area contributed by atoms with Crippen LogP contribution in [0.15, 0.2) is 12.3 Å². The van der Waals surface area contributed by atoms with E-state index >= 15 is 0 Å². The monoisotopic (exact) mass is 226 g/mol. The number of aromatic nitrogens is 1. The second-order valence-electron chi connectivity index (χ2n) is 2.73. The zero-order chi connectivity index (χ0) is 11.3. The number of hydrogen-bond donors (Lipinski definition) is 2. The zero-order valence-electron chi connectivity index (χ0n) is 8.06. The van der Waals surface area contributed by atoms with E-state index in [1.165, 1.54) is 17.4 Å². The van der Waals surface area contributed by atoms with Gasteiger partial charge >= 0.3 is 5.97 Å². The Balaban J connectivity index is 2.44. The first-order chi connectivity index (χ1) is 7.08. The van der Waals surface area contributed by atoms with E-state index in [-0.39, 0.29) is 6.54 Å². The van der Waals surface area contributed by atoms with Crippen molar-refractivity contribution in [1.29, 1.82) is 0 Å². The molecule has 0 atom stereocenters. The van der Waals surface area contributed by atoms with Crippen LogP contribution in [0.1, 0.15) is 9.88 Å². The predicted octanol–water partition coefficient (Wildman–Crippen LogP) is 0.666. The molecule has 80 valence electrons. The van der Waals surface area contributed by atoms with E-state index in [9.17, 15) is 9.59 Å². The lowest BCUT2D eigenvalue weighted by Gasteiger charge is -1.94. The molecule has 1 aromatic heterocycles. The Morgan fingerprint density at radius 3 is 2.93 bits per heavy atom. The third-order valence-electron chi connectivity index (χ3n) is 1.45. The number of nitrogens with zero attached hydrogens (tertiary/aromatic N) is 1. The van der Waals surface area contributed by atoms with Gasteiger partial charge in [-0.1, -0.05) is 0 Å². The van der Waals surface area contributed by atoms with Gasteiger partial charge in [0.25, 0.3) is 0 Å². The summed E-state index contributed by atoms with van der Waals surface area (Å²) in [5.74, 6) is -1.49. The molecule has 1 heterocycles. The molecule has 0 aromatic carbocycles. The number of carbonyl (C=O) groups excluding carboxylic acids is 1. The van der Waals surface area contributed by atoms with Gasteiger partial charge in [-0.25, -0.2) is 4.98 Å². The van der Waals surface area contributed by atoms with Crippen LogP contribution in [0.5, 0.6) is 0 Å². The molecule has 1 rings (SSSR count). The van der Waals surface area contributed by atoms with Gasteiger partial charge in [0, 0.05) is 17.2 Å². The van der Waals surface area contributed by atoms with E-state index in [1.807, 2.05) is 6.92 Å². The Morgan fingerprint density at radius 1 is 1.67 bits per heavy atom. The van der Waals surface area contributed by atoms with Crippen molar-refractivity contribution in [2.24, 2.45) is 0 Å². The number of hydrogen-bond acceptors (Lipinski definition) is 4. The van der Waals surface area contributed by atoms with Gasteiger partial charge in [0.15, 0.2) is 0 Å². The number of rotatable bonds is 4. The number of aliphatic carboxylic acids is 1. The maximum atomic E-state index is 11.1. The summed E-state index contributed by atoms with van der Waals surface area (Å²) in [7, 11) is 0. The van der Waals surface area contributed by atoms with Crippen LogP contribution in [-0.4, -0.2) is 28.5 Å². The van der Waals surface area contributed by atoms with Crippen molar-refractivity contribution in [2.75, 3.05) is 6.54 Å². The zero-order valence-corrected chi connectivity index (χ0v) is 8.87. The third-order valence-corrected chi connectivity index (χ3v) is 2.33. The highest BCUT2D eigenvalue weighted by Crippen LogP contribution is 2.12. The van der Waals surface area contributed by atoms with Crippen LogP contribution in [0.2, 0.25) is 0 Å². The molecule has 0 unspecified atom stereocenters. The molecule has 15 heavy (non-hydrogen) atoms. The highest BCUT2D eigenvalue weighted by Gasteiger charge is 1.99. The van der Waals surface area contributed by atoms with Gasteiger partial charge in [-0.05, 0) is 13.0 Å². The van der Waals surface area contributed by atoms with Gasteiger partial charge < -0.3 is 10.4 Å². The second kappa shape index (κ2) is 5.26. The third kappa shape index (κ3) is 4.37. The van der Waals surface area contributed by atoms with Gasteiger partial charge in [-0.3, -0.25) is 9.59 Å². The lowest BCUT2D eigenvalue weighted by molar-refractivity contribution is -0.137. The summed E-state index contributed by atoms with van der Waals surface area (Å²) in [6, 6.07) is 0. The fourth-order valence-corrected chi connectivity index (χ4v) is 1.52. The van der Waals surface area contributed by atoms with Crippen LogP contribution in [0, 0.1) is 6.92 Å². The first-order valence-electron chi connectivity index (χ1n) is 4.18. The van der Waals surface area contributed by atoms with Crippen LogP contribution in [0.3, 0.4) is 0 Å². The van der Waals surface area contributed by atoms with Crippen LogP contribution in [-0.2, 0) is 9.59 Å². The Morgan fingerprint density at radius 2 is 2.40 bits per heavy atom. The largest absolute Gasteiger partial charge is 0.480 e. The Bertz CT molecular complexity index is 398. The minimum absolute atomic E-state index is 0.370. The first kappa shape index (κ1) is 11.4. The number of amides is 1. The van der Waals surface area contributed by atoms with Crippen molar-refractivity contribution >= 4 is 29.3 Å². The van der Waals surface area contributed by atoms with E-state index in [1.54, 1.807) is 12.3 Å². The minimum Gasteiger partial charge on any atom is -0.480 e. The highest BCUT2D eigenvalue weighted by molar-refractivity contribution is 7.12. The van der Waals surface area contributed by atoms with E-state index in [4.69, 9.17) is 5.11 Å². The molecule has 0 radical (unpaired) electrons. The maximum Gasteiger partial charge on any atom is 0.322 e. The second-order valence-corrected chi connectivity index (χ2v) is 3.99. The molecular weight excluding hydrogens is 216 g/mol. The Labute approximate surface area is 90.5 Å². The number of carboxylic acid groups (broad SMARTS) is 1. The molecule has 5 nitrogen and oxygen atoms in total. The summed E-state index contributed by atoms with van der Waals surface area (Å²) in [5.41, 5.74) is 0. The van der Waals surface area contributed by atoms with Crippen LogP contribution in [0.4, 0.5) is 0 Å². The molecule has 1 aromatic rings. The van der Waals surface area contributed by atoms with Crippen molar-refractivity contribution in [3.05, 3.63) is 22.2 Å². The smallest absolute Gasteiger partial charge is 0.322 e. The molecule has 0 saturated heterocycles. The number of carboxylic acids is 1. The number of carbonyl (C=O) groups is 2. The normalized spacial score (nSPS) is 10.5. The standard InChI is InChI=1S/C9H10N2O3S/c1-6-10-4-7(15-6)2-3-8(12)11-5-9(13)14/h2-4H,5H2,1H3,(H,11,12)(H,13,14)/b3-2+. The van der Waals surface area contributed by atoms with E-state index in [0.29, 0.717) is 0 Å². The van der Waals surface area contributed by atoms with Crippen molar-refractivity contribution in [2.45, 2.75) is 6.92 Å². The summed E-state index contributed by atoms with van der Waals surface area (Å²) in [6.45, 7) is 1.50. The molecule has 6 heteroatoms. The lowest BCUT2D eigenvalue weighted by Crippen LogP contribution is -2.27. The molecule has 0 saturated carbocycles. The summed E-state index contributed by atoms with van der Waals surface area (Å²) in [6.07, 6.45) is 4.54. The molecule has 0 aliphatic carbocycles. The van der Waals surface area contributed by atoms with Gasteiger partial charge in [-0.2, -0.15) is 0 Å². The average Bonchev–Trinajstić information content (AvgIpc) is 2.58. The average molecular weight is 226 g/mol. The molecule has 1 amide bonds. The SMILES string of the molecule is Cc1ncc(/C=C/C(=O)NCC(=O)O)s1. The van der Waals surface area contributed by atoms with Gasteiger partial charge in [0.2, 0.25) is 5.91 Å². The fraction of sp³-hybridized carbons (Fsp3) is 0.222. The predicted molar refractivity (Wildman–Crippen MR) is 56.5 cm³/mol. The molecule has 0 aliphatic heterocycles. The van der Waals surface area contributed by atoms with Crippen LogP contribution in [0.25, 0.3) is 6.08 Å². The van der Waals surface area contributed by atoms with Crippen molar-refractivity contribution < 1.29 is 14.7 Å². The van der Waals surface area contributed by atoms with Crippen molar-refractivity contribution in [3.8, 4) is 0 Å². The topological polar surface area (TPSA) is 79.3 Å². The Hall–Kier alpha value is -1.69. The summed E-state index contributed by atoms with van der Waals surface area (Å²) in [5, 5.41) is 11.4. The molecule has 2 N–H and O–H groups in total. The molecular formula is C9H10N2O3S. The lowest BCUT2D eigenvalue weighted by atomic mass is 10.4. The van der Waals surface area contributed by atoms with Crippen molar-refractivity contribution in [3.63, 3.8) is 0 Å². The van der Waals surface area contributed by atoms with Gasteiger partial charge in [0.1, 0.15) is 6.54 Å². The van der Waals surface area contributed by atoms with Crippen LogP contribution < -0.4 is 5.32 Å². The molecule has 0 bridgehead atoms. The summed E-state index contributed by atoms with van der Waals surface area (Å²) in [4.78, 5) is 26.1. The molecule has 0 spiro atoms. The van der Waals surface area contributed by atoms with Gasteiger partial charge in [0.05, 0.1) is 5.01 Å². The minimum atomic E-state index is -1.06. The number of aryl methyl sites for hydroxylation is 1. The quantitative estimate of drug-likeness (QED) is 0.739. The van der Waals surface area contributed by atoms with Gasteiger partial charge in [-0.15, -0.1) is 11.3 Å². The van der Waals surface area contributed by atoms with Crippen molar-refractivity contribution in [1.82, 2.24) is 10.3 Å². The number of thiazole rings is 1. The molecule has 0 aliphatic rings. The fourth-order valence-electron chi connectivity index (χ4n) is 0.834. The summed E-state index contributed by atoms with van der Waals surface area (Å²) < 4.78 is 0. The summed E-state index contributed by atoms with van der Waals surface area (Å²) >= 11 is 1.46. The Kier molecular flexibility index (Phi) is 3.99. The molecule has 0 fully saturated rings. The van der Waals surface area contributed by atoms with E-state index in [2.05, 4.69) is 10.3 Å². The maximum absolute atomic E-state index is 11.1. The first-order valence-corrected chi connectivity index (χ1v) is 4.99. The van der Waals surface area contributed by atoms with Crippen LogP contribution >= 0.6 is 11.3 Å². The number of nitrogens with one attached hydrogen (secondary N) is 1. The van der Waals surface area contributed by atoms with E-state index < -0.39 is 11.9 Å². The highest BCUT2D eigenvalue weighted by atomic mass is 32.1. The van der Waals surface area contributed by atoms with E-state index in [0.717, 1.165) is 9.88 Å².